The summed E-state index contributed by atoms with van der Waals surface area (Å²) in [6, 6.07) is -0.0236. The van der Waals surface area contributed by atoms with Gasteiger partial charge < -0.3 is 14.2 Å². The molecule has 1 spiro atoms. The predicted octanol–water partition coefficient (Wildman–Crippen LogP) is 4.14. The van der Waals surface area contributed by atoms with Gasteiger partial charge in [-0.15, -0.1) is 10.2 Å². The van der Waals surface area contributed by atoms with Crippen molar-refractivity contribution >= 4 is 11.8 Å². The van der Waals surface area contributed by atoms with Gasteiger partial charge in [0.1, 0.15) is 0 Å². The van der Waals surface area contributed by atoms with Gasteiger partial charge in [0.2, 0.25) is 23.6 Å². The molecule has 1 aromatic heterocycles. The Labute approximate surface area is 209 Å². The highest BCUT2D eigenvalue weighted by Crippen LogP contribution is 2.49. The summed E-state index contributed by atoms with van der Waals surface area (Å²) < 4.78 is 6.10. The molecule has 4 fully saturated rings. The first-order valence-corrected chi connectivity index (χ1v) is 14.1. The van der Waals surface area contributed by atoms with Crippen LogP contribution in [0.1, 0.15) is 108 Å². The molecule has 4 aliphatic rings. The quantitative estimate of drug-likeness (QED) is 0.602. The molecule has 194 valence electrons. The van der Waals surface area contributed by atoms with E-state index in [-0.39, 0.29) is 23.3 Å². The Morgan fingerprint density at radius 3 is 2.29 bits per heavy atom. The van der Waals surface area contributed by atoms with Crippen LogP contribution < -0.4 is 0 Å². The molecule has 1 saturated carbocycles. The number of aromatic nitrogens is 2. The van der Waals surface area contributed by atoms with Gasteiger partial charge in [0.25, 0.3) is 0 Å². The van der Waals surface area contributed by atoms with Crippen LogP contribution in [0.2, 0.25) is 0 Å². The Bertz CT molecular complexity index is 879. The molecule has 8 nitrogen and oxygen atoms in total. The zero-order valence-corrected chi connectivity index (χ0v) is 21.7. The number of nitrogens with zero attached hydrogens (tertiary/aromatic N) is 5. The SMILES string of the molecule is CC(C)c1nnc(C2CC3(CCN(C(=O)CC4CCCC4)CC3)CN2CC(=O)N2CCCCC2)o1. The summed E-state index contributed by atoms with van der Waals surface area (Å²) in [6.45, 7) is 8.79. The number of carbonyl (C=O) groups is 2. The van der Waals surface area contributed by atoms with E-state index < -0.39 is 0 Å². The molecule has 4 heterocycles. The van der Waals surface area contributed by atoms with Crippen molar-refractivity contribution in [3.05, 3.63) is 11.8 Å². The maximum absolute atomic E-state index is 13.2. The molecule has 0 radical (unpaired) electrons. The van der Waals surface area contributed by atoms with Gasteiger partial charge in [-0.3, -0.25) is 14.5 Å². The van der Waals surface area contributed by atoms with Crippen LogP contribution in [0.5, 0.6) is 0 Å². The standard InChI is InChI=1S/C27H43N5O3/c1-20(2)25-28-29-26(35-25)22-17-27(19-32(22)18-24(34)30-12-6-3-7-13-30)10-14-31(15-11-27)23(33)16-21-8-4-5-9-21/h20-22H,3-19H2,1-2H3. The first kappa shape index (κ1) is 24.7. The fraction of sp³-hybridized carbons (Fsp3) is 0.852. The first-order chi connectivity index (χ1) is 16.9. The third-order valence-electron chi connectivity index (χ3n) is 9.00. The molecule has 1 atom stereocenters. The highest BCUT2D eigenvalue weighted by molar-refractivity contribution is 5.78. The summed E-state index contributed by atoms with van der Waals surface area (Å²) in [4.78, 5) is 32.5. The summed E-state index contributed by atoms with van der Waals surface area (Å²) in [7, 11) is 0. The normalized spacial score (nSPS) is 25.7. The molecular formula is C27H43N5O3. The molecular weight excluding hydrogens is 442 g/mol. The van der Waals surface area contributed by atoms with Crippen molar-refractivity contribution in [3.8, 4) is 0 Å². The van der Waals surface area contributed by atoms with Crippen LogP contribution in [-0.4, -0.2) is 76.0 Å². The molecule has 0 aromatic carbocycles. The fourth-order valence-corrected chi connectivity index (χ4v) is 6.77. The van der Waals surface area contributed by atoms with Gasteiger partial charge in [0.05, 0.1) is 12.6 Å². The van der Waals surface area contributed by atoms with Gasteiger partial charge >= 0.3 is 0 Å². The van der Waals surface area contributed by atoms with Crippen molar-refractivity contribution in [2.45, 2.75) is 96.4 Å². The zero-order chi connectivity index (χ0) is 24.4. The summed E-state index contributed by atoms with van der Waals surface area (Å²) in [5, 5.41) is 8.71. The number of hydrogen-bond donors (Lipinski definition) is 0. The van der Waals surface area contributed by atoms with E-state index in [9.17, 15) is 9.59 Å². The van der Waals surface area contributed by atoms with Gasteiger partial charge in [0.15, 0.2) is 0 Å². The smallest absolute Gasteiger partial charge is 0.236 e. The Kier molecular flexibility index (Phi) is 7.47. The van der Waals surface area contributed by atoms with Crippen molar-refractivity contribution in [1.82, 2.24) is 24.9 Å². The minimum atomic E-state index is -0.0236. The van der Waals surface area contributed by atoms with Crippen LogP contribution in [0.25, 0.3) is 0 Å². The van der Waals surface area contributed by atoms with E-state index in [0.29, 0.717) is 30.2 Å². The number of amides is 2. The molecule has 1 aromatic rings. The Morgan fingerprint density at radius 1 is 0.943 bits per heavy atom. The molecule has 35 heavy (non-hydrogen) atoms. The second kappa shape index (κ2) is 10.6. The third kappa shape index (κ3) is 5.57. The van der Waals surface area contributed by atoms with E-state index in [0.717, 1.165) is 71.2 Å². The third-order valence-corrected chi connectivity index (χ3v) is 9.00. The van der Waals surface area contributed by atoms with Crippen LogP contribution in [0.4, 0.5) is 0 Å². The average Bonchev–Trinajstić information content (AvgIpc) is 3.61. The lowest BCUT2D eigenvalue weighted by Gasteiger charge is -2.39. The highest BCUT2D eigenvalue weighted by Gasteiger charge is 2.49. The molecule has 8 heteroatoms. The Morgan fingerprint density at radius 2 is 1.63 bits per heavy atom. The van der Waals surface area contributed by atoms with E-state index in [4.69, 9.17) is 4.42 Å². The van der Waals surface area contributed by atoms with E-state index in [2.05, 4.69) is 33.8 Å². The van der Waals surface area contributed by atoms with Gasteiger partial charge in [0, 0.05) is 45.1 Å². The summed E-state index contributed by atoms with van der Waals surface area (Å²) in [6.07, 6.45) is 12.0. The maximum Gasteiger partial charge on any atom is 0.236 e. The van der Waals surface area contributed by atoms with E-state index in [1.54, 1.807) is 0 Å². The first-order valence-electron chi connectivity index (χ1n) is 14.1. The summed E-state index contributed by atoms with van der Waals surface area (Å²) in [5.41, 5.74) is 0.101. The summed E-state index contributed by atoms with van der Waals surface area (Å²) >= 11 is 0. The van der Waals surface area contributed by atoms with Gasteiger partial charge in [-0.25, -0.2) is 0 Å². The van der Waals surface area contributed by atoms with E-state index >= 15 is 0 Å². The van der Waals surface area contributed by atoms with Crippen LogP contribution in [-0.2, 0) is 9.59 Å². The fourth-order valence-electron chi connectivity index (χ4n) is 6.77. The maximum atomic E-state index is 13.2. The van der Waals surface area contributed by atoms with Gasteiger partial charge in [-0.2, -0.15) is 0 Å². The molecule has 0 bridgehead atoms. The molecule has 1 aliphatic carbocycles. The van der Waals surface area contributed by atoms with Crippen LogP contribution in [0.15, 0.2) is 4.42 Å². The van der Waals surface area contributed by atoms with Crippen molar-refractivity contribution in [3.63, 3.8) is 0 Å². The van der Waals surface area contributed by atoms with Crippen molar-refractivity contribution in [1.29, 1.82) is 0 Å². The van der Waals surface area contributed by atoms with Crippen LogP contribution >= 0.6 is 0 Å². The van der Waals surface area contributed by atoms with E-state index in [1.165, 1.54) is 32.1 Å². The minimum absolute atomic E-state index is 0.0236. The lowest BCUT2D eigenvalue weighted by atomic mass is 9.76. The second-order valence-electron chi connectivity index (χ2n) is 11.9. The number of piperidine rings is 2. The lowest BCUT2D eigenvalue weighted by Crippen LogP contribution is -2.46. The topological polar surface area (TPSA) is 82.8 Å². The van der Waals surface area contributed by atoms with Crippen molar-refractivity contribution in [2.75, 3.05) is 39.3 Å². The molecule has 0 N–H and O–H groups in total. The van der Waals surface area contributed by atoms with Crippen LogP contribution in [0.3, 0.4) is 0 Å². The summed E-state index contributed by atoms with van der Waals surface area (Å²) in [5.74, 6) is 2.66. The molecule has 5 rings (SSSR count). The average molecular weight is 486 g/mol. The Balaban J connectivity index is 1.26. The molecule has 2 amide bonds. The number of rotatable bonds is 6. The Hall–Kier alpha value is -1.96. The molecule has 3 saturated heterocycles. The number of hydrogen-bond acceptors (Lipinski definition) is 6. The monoisotopic (exact) mass is 485 g/mol. The number of likely N-dealkylation sites (tertiary alicyclic amines) is 3. The van der Waals surface area contributed by atoms with Crippen molar-refractivity contribution in [2.24, 2.45) is 11.3 Å². The van der Waals surface area contributed by atoms with E-state index in [1.807, 2.05) is 4.90 Å². The zero-order valence-electron chi connectivity index (χ0n) is 21.7. The minimum Gasteiger partial charge on any atom is -0.423 e. The predicted molar refractivity (Wildman–Crippen MR) is 133 cm³/mol. The van der Waals surface area contributed by atoms with Crippen molar-refractivity contribution < 1.29 is 14.0 Å². The van der Waals surface area contributed by atoms with Gasteiger partial charge in [-0.05, 0) is 62.7 Å². The molecule has 1 unspecified atom stereocenters. The number of carbonyl (C=O) groups excluding carboxylic acids is 2. The largest absolute Gasteiger partial charge is 0.423 e. The second-order valence-corrected chi connectivity index (χ2v) is 11.9. The van der Waals surface area contributed by atoms with Gasteiger partial charge in [-0.1, -0.05) is 26.7 Å². The highest BCUT2D eigenvalue weighted by atomic mass is 16.4. The molecule has 3 aliphatic heterocycles. The lowest BCUT2D eigenvalue weighted by molar-refractivity contribution is -0.134. The van der Waals surface area contributed by atoms with Crippen LogP contribution in [0, 0.1) is 11.3 Å².